The van der Waals surface area contributed by atoms with Gasteiger partial charge in [-0.25, -0.2) is 4.79 Å². The van der Waals surface area contributed by atoms with Crippen molar-refractivity contribution >= 4 is 17.5 Å². The topological polar surface area (TPSA) is 61.4 Å². The maximum Gasteiger partial charge on any atom is 0.319 e. The van der Waals surface area contributed by atoms with E-state index in [0.717, 1.165) is 12.8 Å². The highest BCUT2D eigenvalue weighted by molar-refractivity contribution is 5.98. The fraction of sp³-hybridized carbons (Fsp3) is 0.556. The zero-order valence-corrected chi connectivity index (χ0v) is 14.4. The SMILES string of the molecule is CC(C)C(=O)c1ccc(NC(=O)NCC2CC(N(C)C)C2)cc1. The minimum absolute atomic E-state index is 0.0226. The summed E-state index contributed by atoms with van der Waals surface area (Å²) in [5, 5.41) is 5.72. The van der Waals surface area contributed by atoms with Crippen LogP contribution in [-0.4, -0.2) is 43.4 Å². The second-order valence-corrected chi connectivity index (χ2v) is 6.89. The molecule has 0 bridgehead atoms. The Balaban J connectivity index is 1.74. The van der Waals surface area contributed by atoms with Gasteiger partial charge < -0.3 is 15.5 Å². The first-order chi connectivity index (χ1) is 10.9. The lowest BCUT2D eigenvalue weighted by Gasteiger charge is -2.39. The fourth-order valence-electron chi connectivity index (χ4n) is 2.75. The molecule has 1 aliphatic carbocycles. The number of nitrogens with one attached hydrogen (secondary N) is 2. The molecule has 0 saturated heterocycles. The van der Waals surface area contributed by atoms with E-state index in [0.29, 0.717) is 29.8 Å². The van der Waals surface area contributed by atoms with Gasteiger partial charge in [-0.2, -0.15) is 0 Å². The van der Waals surface area contributed by atoms with Crippen LogP contribution in [0.25, 0.3) is 0 Å². The van der Waals surface area contributed by atoms with E-state index < -0.39 is 0 Å². The molecule has 2 N–H and O–H groups in total. The van der Waals surface area contributed by atoms with E-state index in [1.54, 1.807) is 24.3 Å². The molecular formula is C18H27N3O2. The molecule has 1 aliphatic rings. The zero-order chi connectivity index (χ0) is 17.0. The molecular weight excluding hydrogens is 290 g/mol. The van der Waals surface area contributed by atoms with E-state index in [1.165, 1.54) is 0 Å². The molecule has 1 aromatic carbocycles. The van der Waals surface area contributed by atoms with E-state index in [1.807, 2.05) is 13.8 Å². The predicted molar refractivity (Wildman–Crippen MR) is 92.8 cm³/mol. The monoisotopic (exact) mass is 317 g/mol. The second kappa shape index (κ2) is 7.59. The number of Topliss-reactive ketones (excluding diaryl/α,β-unsaturated/α-hetero) is 1. The Morgan fingerprint density at radius 2 is 1.78 bits per heavy atom. The first-order valence-corrected chi connectivity index (χ1v) is 8.22. The van der Waals surface area contributed by atoms with Crippen molar-refractivity contribution in [2.45, 2.75) is 32.7 Å². The van der Waals surface area contributed by atoms with Gasteiger partial charge in [0.1, 0.15) is 0 Å². The average Bonchev–Trinajstić information content (AvgIpc) is 2.45. The van der Waals surface area contributed by atoms with Gasteiger partial charge in [0.25, 0.3) is 0 Å². The first kappa shape index (κ1) is 17.5. The van der Waals surface area contributed by atoms with Crippen LogP contribution >= 0.6 is 0 Å². The number of hydrogen-bond donors (Lipinski definition) is 2. The van der Waals surface area contributed by atoms with Gasteiger partial charge in [-0.3, -0.25) is 4.79 Å². The molecule has 23 heavy (non-hydrogen) atoms. The maximum atomic E-state index is 11.9. The summed E-state index contributed by atoms with van der Waals surface area (Å²) in [4.78, 5) is 26.0. The maximum absolute atomic E-state index is 11.9. The number of benzene rings is 1. The Hall–Kier alpha value is -1.88. The molecule has 0 atom stereocenters. The number of ketones is 1. The van der Waals surface area contributed by atoms with Crippen molar-refractivity contribution in [1.29, 1.82) is 0 Å². The summed E-state index contributed by atoms with van der Waals surface area (Å²) < 4.78 is 0. The Kier molecular flexibility index (Phi) is 5.77. The number of carbonyl (C=O) groups excluding carboxylic acids is 2. The first-order valence-electron chi connectivity index (χ1n) is 8.22. The highest BCUT2D eigenvalue weighted by Crippen LogP contribution is 2.29. The summed E-state index contributed by atoms with van der Waals surface area (Å²) in [6.07, 6.45) is 2.28. The molecule has 0 unspecified atom stereocenters. The summed E-state index contributed by atoms with van der Waals surface area (Å²) in [7, 11) is 4.18. The molecule has 1 aromatic rings. The van der Waals surface area contributed by atoms with E-state index in [9.17, 15) is 9.59 Å². The van der Waals surface area contributed by atoms with Crippen LogP contribution in [0.1, 0.15) is 37.0 Å². The summed E-state index contributed by atoms with van der Waals surface area (Å²) in [5.74, 6) is 0.659. The van der Waals surface area contributed by atoms with Gasteiger partial charge in [0.15, 0.2) is 5.78 Å². The third-order valence-corrected chi connectivity index (χ3v) is 4.44. The zero-order valence-electron chi connectivity index (χ0n) is 14.4. The Morgan fingerprint density at radius 3 is 2.30 bits per heavy atom. The van der Waals surface area contributed by atoms with E-state index in [-0.39, 0.29) is 17.7 Å². The normalized spacial score (nSPS) is 20.3. The molecule has 0 aliphatic heterocycles. The van der Waals surface area contributed by atoms with E-state index in [4.69, 9.17) is 0 Å². The van der Waals surface area contributed by atoms with Crippen molar-refractivity contribution in [3.63, 3.8) is 0 Å². The van der Waals surface area contributed by atoms with Gasteiger partial charge in [0, 0.05) is 29.8 Å². The van der Waals surface area contributed by atoms with E-state index in [2.05, 4.69) is 29.6 Å². The molecule has 2 amide bonds. The van der Waals surface area contributed by atoms with Crippen LogP contribution in [-0.2, 0) is 0 Å². The molecule has 126 valence electrons. The summed E-state index contributed by atoms with van der Waals surface area (Å²) in [6.45, 7) is 4.46. The van der Waals surface area contributed by atoms with Crippen LogP contribution in [0.4, 0.5) is 10.5 Å². The van der Waals surface area contributed by atoms with Crippen molar-refractivity contribution < 1.29 is 9.59 Å². The van der Waals surface area contributed by atoms with Crippen molar-refractivity contribution in [2.75, 3.05) is 26.0 Å². The number of urea groups is 1. The lowest BCUT2D eigenvalue weighted by atomic mass is 9.79. The Morgan fingerprint density at radius 1 is 1.17 bits per heavy atom. The number of rotatable bonds is 6. The number of anilines is 1. The van der Waals surface area contributed by atoms with Crippen LogP contribution in [0.15, 0.2) is 24.3 Å². The number of nitrogens with zero attached hydrogens (tertiary/aromatic N) is 1. The second-order valence-electron chi connectivity index (χ2n) is 6.89. The van der Waals surface area contributed by atoms with Gasteiger partial charge >= 0.3 is 6.03 Å². The van der Waals surface area contributed by atoms with Crippen molar-refractivity contribution in [3.8, 4) is 0 Å². The lowest BCUT2D eigenvalue weighted by molar-refractivity contribution is 0.0939. The van der Waals surface area contributed by atoms with Crippen molar-refractivity contribution in [3.05, 3.63) is 29.8 Å². The van der Waals surface area contributed by atoms with Gasteiger partial charge in [-0.1, -0.05) is 13.8 Å². The minimum atomic E-state index is -0.193. The molecule has 0 heterocycles. The Bertz CT molecular complexity index is 546. The van der Waals surface area contributed by atoms with Gasteiger partial charge in [-0.05, 0) is 57.1 Å². The smallest absolute Gasteiger partial charge is 0.319 e. The lowest BCUT2D eigenvalue weighted by Crippen LogP contribution is -2.45. The number of hydrogen-bond acceptors (Lipinski definition) is 3. The minimum Gasteiger partial charge on any atom is -0.338 e. The molecule has 1 saturated carbocycles. The third kappa shape index (κ3) is 4.79. The van der Waals surface area contributed by atoms with Crippen LogP contribution in [0.3, 0.4) is 0 Å². The summed E-state index contributed by atoms with van der Waals surface area (Å²) >= 11 is 0. The van der Waals surface area contributed by atoms with Crippen molar-refractivity contribution in [1.82, 2.24) is 10.2 Å². The van der Waals surface area contributed by atoms with Crippen LogP contribution < -0.4 is 10.6 Å². The van der Waals surface area contributed by atoms with Gasteiger partial charge in [-0.15, -0.1) is 0 Å². The molecule has 0 radical (unpaired) electrons. The number of carbonyl (C=O) groups is 2. The summed E-state index contributed by atoms with van der Waals surface area (Å²) in [5.41, 5.74) is 1.37. The molecule has 5 nitrogen and oxygen atoms in total. The molecule has 0 aromatic heterocycles. The van der Waals surface area contributed by atoms with Crippen LogP contribution in [0.5, 0.6) is 0 Å². The van der Waals surface area contributed by atoms with Crippen LogP contribution in [0, 0.1) is 11.8 Å². The molecule has 1 fully saturated rings. The predicted octanol–water partition coefficient (Wildman–Crippen LogP) is 2.99. The molecule has 0 spiro atoms. The standard InChI is InChI=1S/C18H27N3O2/c1-12(2)17(22)14-5-7-15(8-6-14)20-18(23)19-11-13-9-16(10-13)21(3)4/h5-8,12-13,16H,9-11H2,1-4H3,(H2,19,20,23). The molecule has 5 heteroatoms. The van der Waals surface area contributed by atoms with E-state index >= 15 is 0 Å². The molecule has 2 rings (SSSR count). The number of amides is 2. The largest absolute Gasteiger partial charge is 0.338 e. The third-order valence-electron chi connectivity index (χ3n) is 4.44. The van der Waals surface area contributed by atoms with Crippen LogP contribution in [0.2, 0.25) is 0 Å². The highest BCUT2D eigenvalue weighted by atomic mass is 16.2. The fourth-order valence-corrected chi connectivity index (χ4v) is 2.75. The highest BCUT2D eigenvalue weighted by Gasteiger charge is 2.30. The Labute approximate surface area is 138 Å². The average molecular weight is 317 g/mol. The van der Waals surface area contributed by atoms with Gasteiger partial charge in [0.05, 0.1) is 0 Å². The van der Waals surface area contributed by atoms with Crippen molar-refractivity contribution in [2.24, 2.45) is 11.8 Å². The van der Waals surface area contributed by atoms with Gasteiger partial charge in [0.2, 0.25) is 0 Å². The summed E-state index contributed by atoms with van der Waals surface area (Å²) in [6, 6.07) is 7.50. The quantitative estimate of drug-likeness (QED) is 0.793.